The van der Waals surface area contributed by atoms with Crippen LogP contribution in [0.5, 0.6) is 0 Å². The molecule has 4 nitrogen and oxygen atoms in total. The first-order valence-electron chi connectivity index (χ1n) is 4.77. The highest BCUT2D eigenvalue weighted by Crippen LogP contribution is 1.86. The highest BCUT2D eigenvalue weighted by Gasteiger charge is 1.98. The number of rotatable bonds is 9. The average Bonchev–Trinajstić information content (AvgIpc) is 2.11. The van der Waals surface area contributed by atoms with E-state index in [-0.39, 0.29) is 6.10 Å². The van der Waals surface area contributed by atoms with Gasteiger partial charge in [-0.25, -0.2) is 0 Å². The topological polar surface area (TPSA) is 42.5 Å². The van der Waals surface area contributed by atoms with E-state index in [2.05, 4.69) is 17.6 Å². The third-order valence-electron chi connectivity index (χ3n) is 1.66. The van der Waals surface area contributed by atoms with E-state index >= 15 is 0 Å². The van der Waals surface area contributed by atoms with Crippen molar-refractivity contribution in [1.29, 1.82) is 0 Å². The van der Waals surface area contributed by atoms with Crippen molar-refractivity contribution in [2.75, 3.05) is 47.0 Å². The lowest BCUT2D eigenvalue weighted by atomic mass is 10.4. The van der Waals surface area contributed by atoms with Crippen molar-refractivity contribution < 1.29 is 9.47 Å². The smallest absolute Gasteiger partial charge is 0.0671 e. The van der Waals surface area contributed by atoms with Crippen LogP contribution in [0.15, 0.2) is 0 Å². The van der Waals surface area contributed by atoms with Crippen LogP contribution in [0.4, 0.5) is 0 Å². The van der Waals surface area contributed by atoms with Gasteiger partial charge in [-0.1, -0.05) is 0 Å². The predicted molar refractivity (Wildman–Crippen MR) is 54.1 cm³/mol. The third-order valence-corrected chi connectivity index (χ3v) is 1.66. The van der Waals surface area contributed by atoms with Gasteiger partial charge in [0.1, 0.15) is 0 Å². The molecule has 0 aromatic heterocycles. The second kappa shape index (κ2) is 9.92. The lowest BCUT2D eigenvalue weighted by Gasteiger charge is -2.12. The fraction of sp³-hybridized carbons (Fsp3) is 1.00. The van der Waals surface area contributed by atoms with Gasteiger partial charge in [-0.15, -0.1) is 0 Å². The summed E-state index contributed by atoms with van der Waals surface area (Å²) in [7, 11) is 3.63. The van der Waals surface area contributed by atoms with E-state index in [1.165, 1.54) is 0 Å². The Bertz CT molecular complexity index is 102. The summed E-state index contributed by atoms with van der Waals surface area (Å²) in [4.78, 5) is 0. The zero-order chi connectivity index (χ0) is 9.94. The maximum atomic E-state index is 5.50. The number of nitrogens with one attached hydrogen (secondary N) is 2. The Kier molecular flexibility index (Phi) is 9.80. The highest BCUT2D eigenvalue weighted by molar-refractivity contribution is 4.52. The van der Waals surface area contributed by atoms with Gasteiger partial charge in [-0.05, 0) is 14.0 Å². The van der Waals surface area contributed by atoms with E-state index in [0.29, 0.717) is 0 Å². The van der Waals surface area contributed by atoms with Crippen molar-refractivity contribution in [2.24, 2.45) is 0 Å². The molecule has 0 aromatic carbocycles. The van der Waals surface area contributed by atoms with Crippen LogP contribution in [0.25, 0.3) is 0 Å². The summed E-state index contributed by atoms with van der Waals surface area (Å²) in [6.07, 6.45) is 0.286. The molecular weight excluding hydrogens is 168 g/mol. The molecular formula is C9H22N2O2. The van der Waals surface area contributed by atoms with Gasteiger partial charge >= 0.3 is 0 Å². The number of methoxy groups -OCH3 is 1. The molecule has 1 unspecified atom stereocenters. The molecule has 0 amide bonds. The molecule has 0 heterocycles. The van der Waals surface area contributed by atoms with Gasteiger partial charge in [0.2, 0.25) is 0 Å². The Morgan fingerprint density at radius 2 is 1.92 bits per heavy atom. The molecule has 0 aliphatic heterocycles. The van der Waals surface area contributed by atoms with E-state index in [1.54, 1.807) is 7.11 Å². The summed E-state index contributed by atoms with van der Waals surface area (Å²) in [5, 5.41) is 6.28. The molecule has 1 atom stereocenters. The van der Waals surface area contributed by atoms with E-state index in [9.17, 15) is 0 Å². The zero-order valence-corrected chi connectivity index (χ0v) is 8.93. The Labute approximate surface area is 81.0 Å². The molecule has 13 heavy (non-hydrogen) atoms. The first kappa shape index (κ1) is 12.8. The number of ether oxygens (including phenoxy) is 2. The van der Waals surface area contributed by atoms with Crippen LogP contribution in [0, 0.1) is 0 Å². The van der Waals surface area contributed by atoms with Gasteiger partial charge in [0.25, 0.3) is 0 Å². The SMILES string of the molecule is CNCC(C)OCCNCCOC. The van der Waals surface area contributed by atoms with Crippen molar-refractivity contribution in [2.45, 2.75) is 13.0 Å². The molecule has 4 heteroatoms. The molecule has 2 N–H and O–H groups in total. The van der Waals surface area contributed by atoms with Crippen LogP contribution in [0.1, 0.15) is 6.92 Å². The number of hydrogen-bond donors (Lipinski definition) is 2. The monoisotopic (exact) mass is 190 g/mol. The summed E-state index contributed by atoms with van der Waals surface area (Å²) in [6.45, 7) is 6.25. The summed E-state index contributed by atoms with van der Waals surface area (Å²) < 4.78 is 10.4. The van der Waals surface area contributed by atoms with Gasteiger partial charge in [-0.3, -0.25) is 0 Å². The van der Waals surface area contributed by atoms with Crippen LogP contribution < -0.4 is 10.6 Å². The zero-order valence-electron chi connectivity index (χ0n) is 8.93. The fourth-order valence-corrected chi connectivity index (χ4v) is 0.978. The van der Waals surface area contributed by atoms with Crippen LogP contribution >= 0.6 is 0 Å². The summed E-state index contributed by atoms with van der Waals surface area (Å²) in [5.41, 5.74) is 0. The highest BCUT2D eigenvalue weighted by atomic mass is 16.5. The van der Waals surface area contributed by atoms with Crippen LogP contribution in [-0.4, -0.2) is 53.1 Å². The van der Waals surface area contributed by atoms with Gasteiger partial charge in [0.15, 0.2) is 0 Å². The minimum atomic E-state index is 0.286. The van der Waals surface area contributed by atoms with Gasteiger partial charge < -0.3 is 20.1 Å². The molecule has 0 aliphatic rings. The second-order valence-electron chi connectivity index (χ2n) is 2.98. The summed E-state index contributed by atoms with van der Waals surface area (Å²) >= 11 is 0. The maximum Gasteiger partial charge on any atom is 0.0671 e. The lowest BCUT2D eigenvalue weighted by molar-refractivity contribution is 0.0683. The Hall–Kier alpha value is -0.160. The Morgan fingerprint density at radius 3 is 2.54 bits per heavy atom. The second-order valence-corrected chi connectivity index (χ2v) is 2.98. The first-order chi connectivity index (χ1) is 6.31. The molecule has 0 fully saturated rings. The number of likely N-dealkylation sites (N-methyl/N-ethyl adjacent to an activating group) is 1. The molecule has 0 bridgehead atoms. The largest absolute Gasteiger partial charge is 0.383 e. The Balaban J connectivity index is 2.97. The van der Waals surface area contributed by atoms with E-state index in [4.69, 9.17) is 9.47 Å². The van der Waals surface area contributed by atoms with Crippen LogP contribution in [0.2, 0.25) is 0 Å². The van der Waals surface area contributed by atoms with E-state index in [0.717, 1.165) is 32.8 Å². The van der Waals surface area contributed by atoms with Crippen molar-refractivity contribution in [3.8, 4) is 0 Å². The Morgan fingerprint density at radius 1 is 1.23 bits per heavy atom. The van der Waals surface area contributed by atoms with Gasteiger partial charge in [0, 0.05) is 26.7 Å². The van der Waals surface area contributed by atoms with Crippen molar-refractivity contribution in [3.63, 3.8) is 0 Å². The molecule has 0 saturated heterocycles. The molecule has 0 aliphatic carbocycles. The van der Waals surface area contributed by atoms with E-state index < -0.39 is 0 Å². The van der Waals surface area contributed by atoms with E-state index in [1.807, 2.05) is 7.05 Å². The standard InChI is InChI=1S/C9H22N2O2/c1-9(8-10-2)13-7-5-11-4-6-12-3/h9-11H,4-8H2,1-3H3. The average molecular weight is 190 g/mol. The minimum absolute atomic E-state index is 0.286. The molecule has 80 valence electrons. The maximum absolute atomic E-state index is 5.50. The normalized spacial score (nSPS) is 13.2. The number of hydrogen-bond acceptors (Lipinski definition) is 4. The molecule has 0 aromatic rings. The summed E-state index contributed by atoms with van der Waals surface area (Å²) in [6, 6.07) is 0. The molecule has 0 radical (unpaired) electrons. The van der Waals surface area contributed by atoms with Crippen LogP contribution in [0.3, 0.4) is 0 Å². The third kappa shape index (κ3) is 9.76. The first-order valence-corrected chi connectivity index (χ1v) is 4.77. The molecule has 0 saturated carbocycles. The molecule has 0 spiro atoms. The van der Waals surface area contributed by atoms with Gasteiger partial charge in [-0.2, -0.15) is 0 Å². The minimum Gasteiger partial charge on any atom is -0.383 e. The van der Waals surface area contributed by atoms with Crippen LogP contribution in [-0.2, 0) is 9.47 Å². The fourth-order valence-electron chi connectivity index (χ4n) is 0.978. The van der Waals surface area contributed by atoms with Crippen molar-refractivity contribution in [1.82, 2.24) is 10.6 Å². The van der Waals surface area contributed by atoms with Crippen molar-refractivity contribution >= 4 is 0 Å². The predicted octanol–water partition coefficient (Wildman–Crippen LogP) is -0.153. The van der Waals surface area contributed by atoms with Crippen molar-refractivity contribution in [3.05, 3.63) is 0 Å². The summed E-state index contributed by atoms with van der Waals surface area (Å²) in [5.74, 6) is 0. The lowest BCUT2D eigenvalue weighted by Crippen LogP contribution is -2.28. The van der Waals surface area contributed by atoms with Gasteiger partial charge in [0.05, 0.1) is 19.3 Å². The molecule has 0 rings (SSSR count). The quantitative estimate of drug-likeness (QED) is 0.496.